The van der Waals surface area contributed by atoms with Crippen LogP contribution in [0.15, 0.2) is 24.3 Å². The van der Waals surface area contributed by atoms with E-state index in [1.54, 1.807) is 0 Å². The van der Waals surface area contributed by atoms with Gasteiger partial charge in [-0.1, -0.05) is 11.6 Å². The third-order valence-corrected chi connectivity index (χ3v) is 3.56. The van der Waals surface area contributed by atoms with Gasteiger partial charge >= 0.3 is 12.4 Å². The van der Waals surface area contributed by atoms with Gasteiger partial charge < -0.3 is 4.90 Å². The Balaban J connectivity index is 2.63. The van der Waals surface area contributed by atoms with Gasteiger partial charge in [0.2, 0.25) is 0 Å². The third kappa shape index (κ3) is 4.23. The smallest absolute Gasteiger partial charge is 0.360 e. The summed E-state index contributed by atoms with van der Waals surface area (Å²) in [5.74, 6) is 0. The molecule has 0 saturated carbocycles. The lowest BCUT2D eigenvalue weighted by atomic mass is 10.1. The number of halogens is 7. The molecule has 0 aliphatic rings. The molecule has 0 aliphatic heterocycles. The molecular weight excluding hydrogens is 358 g/mol. The van der Waals surface area contributed by atoms with E-state index in [2.05, 4.69) is 4.98 Å². The Morgan fingerprint density at radius 3 is 2.21 bits per heavy atom. The second-order valence-corrected chi connectivity index (χ2v) is 5.92. The molecule has 2 aromatic rings. The summed E-state index contributed by atoms with van der Waals surface area (Å²) < 4.78 is 77.7. The molecule has 1 aromatic heterocycles. The lowest BCUT2D eigenvalue weighted by Crippen LogP contribution is -2.39. The first-order valence-corrected chi connectivity index (χ1v) is 7.27. The zero-order valence-corrected chi connectivity index (χ0v) is 13.4. The van der Waals surface area contributed by atoms with Gasteiger partial charge in [-0.2, -0.15) is 26.3 Å². The number of hydrogen-bond acceptors (Lipinski definition) is 2. The van der Waals surface area contributed by atoms with Crippen molar-refractivity contribution >= 4 is 28.2 Å². The first-order valence-electron chi connectivity index (χ1n) is 6.89. The van der Waals surface area contributed by atoms with Crippen LogP contribution >= 0.6 is 11.6 Å². The fourth-order valence-corrected chi connectivity index (χ4v) is 2.56. The number of fused-ring (bicyclic) bond motifs is 1. The summed E-state index contributed by atoms with van der Waals surface area (Å²) in [6.07, 6.45) is -9.18. The fraction of sp³-hybridized carbons (Fsp3) is 0.400. The number of hydrogen-bond donors (Lipinski definition) is 0. The summed E-state index contributed by atoms with van der Waals surface area (Å²) in [7, 11) is 0. The molecule has 2 rings (SSSR count). The monoisotopic (exact) mass is 370 g/mol. The average Bonchev–Trinajstić information content (AvgIpc) is 2.41. The molecule has 1 heterocycles. The summed E-state index contributed by atoms with van der Waals surface area (Å²) in [6, 6.07) is 3.71. The summed E-state index contributed by atoms with van der Waals surface area (Å²) >= 11 is 5.60. The Bertz CT molecular complexity index is 739. The third-order valence-electron chi connectivity index (χ3n) is 3.37. The molecule has 24 heavy (non-hydrogen) atoms. The lowest BCUT2D eigenvalue weighted by molar-refractivity contribution is -0.136. The number of alkyl halides is 6. The molecule has 0 amide bonds. The molecule has 0 N–H and O–H groups in total. The van der Waals surface area contributed by atoms with E-state index in [9.17, 15) is 26.3 Å². The van der Waals surface area contributed by atoms with Gasteiger partial charge in [0.05, 0.1) is 11.1 Å². The number of pyridine rings is 1. The van der Waals surface area contributed by atoms with Gasteiger partial charge in [-0.25, -0.2) is 4.98 Å². The van der Waals surface area contributed by atoms with E-state index < -0.39 is 30.5 Å². The standard InChI is InChI=1S/C15H13ClF6N2/c1-8(2)24(7-14(17,18)19)9-3-4-12-10(5-9)11(15(20,21)22)6-13(16)23-12/h3-6,8H,7H2,1-2H3. The highest BCUT2D eigenvalue weighted by atomic mass is 35.5. The Kier molecular flexibility index (Phi) is 4.90. The molecule has 1 aromatic carbocycles. The SMILES string of the molecule is CC(C)N(CC(F)(F)F)c1ccc2nc(Cl)cc(C(F)(F)F)c2c1. The summed E-state index contributed by atoms with van der Waals surface area (Å²) in [6.45, 7) is 1.79. The number of aromatic nitrogens is 1. The summed E-state index contributed by atoms with van der Waals surface area (Å²) in [5, 5.41) is -0.629. The molecule has 0 atom stereocenters. The van der Waals surface area contributed by atoms with Crippen molar-refractivity contribution in [1.29, 1.82) is 0 Å². The Morgan fingerprint density at radius 2 is 1.71 bits per heavy atom. The van der Waals surface area contributed by atoms with Crippen LogP contribution < -0.4 is 4.90 Å². The maximum absolute atomic E-state index is 13.2. The summed E-state index contributed by atoms with van der Waals surface area (Å²) in [5.41, 5.74) is -1.03. The quantitative estimate of drug-likeness (QED) is 0.510. The minimum Gasteiger partial charge on any atom is -0.360 e. The van der Waals surface area contributed by atoms with Crippen LogP contribution in [0.3, 0.4) is 0 Å². The van der Waals surface area contributed by atoms with Gasteiger partial charge in [0.15, 0.2) is 0 Å². The van der Waals surface area contributed by atoms with Crippen molar-refractivity contribution in [3.05, 3.63) is 35.0 Å². The molecule has 0 saturated heterocycles. The number of nitrogens with zero attached hydrogens (tertiary/aromatic N) is 2. The molecular formula is C15H13ClF6N2. The Morgan fingerprint density at radius 1 is 1.08 bits per heavy atom. The van der Waals surface area contributed by atoms with Gasteiger partial charge in [-0.15, -0.1) is 0 Å². The molecule has 0 aliphatic carbocycles. The molecule has 2 nitrogen and oxygen atoms in total. The highest BCUT2D eigenvalue weighted by Crippen LogP contribution is 2.37. The van der Waals surface area contributed by atoms with Gasteiger partial charge in [0.1, 0.15) is 11.7 Å². The zero-order valence-electron chi connectivity index (χ0n) is 12.6. The molecule has 0 spiro atoms. The molecule has 0 radical (unpaired) electrons. The minimum absolute atomic E-state index is 0.0319. The van der Waals surface area contributed by atoms with Crippen LogP contribution in [0.5, 0.6) is 0 Å². The maximum atomic E-state index is 13.2. The molecule has 0 bridgehead atoms. The van der Waals surface area contributed by atoms with E-state index in [1.165, 1.54) is 26.0 Å². The van der Waals surface area contributed by atoms with E-state index >= 15 is 0 Å². The van der Waals surface area contributed by atoms with Crippen molar-refractivity contribution in [2.45, 2.75) is 32.2 Å². The van der Waals surface area contributed by atoms with Crippen molar-refractivity contribution in [2.75, 3.05) is 11.4 Å². The predicted octanol–water partition coefficient (Wildman–Crippen LogP) is 5.68. The molecule has 9 heteroatoms. The van der Waals surface area contributed by atoms with Gasteiger partial charge in [0.25, 0.3) is 0 Å². The lowest BCUT2D eigenvalue weighted by Gasteiger charge is -2.30. The van der Waals surface area contributed by atoms with Crippen molar-refractivity contribution < 1.29 is 26.3 Å². The van der Waals surface area contributed by atoms with E-state index in [-0.39, 0.29) is 21.7 Å². The van der Waals surface area contributed by atoms with Crippen LogP contribution in [-0.4, -0.2) is 23.7 Å². The van der Waals surface area contributed by atoms with E-state index in [0.29, 0.717) is 6.07 Å². The van der Waals surface area contributed by atoms with E-state index in [4.69, 9.17) is 11.6 Å². The van der Waals surface area contributed by atoms with Crippen LogP contribution in [0.2, 0.25) is 5.15 Å². The van der Waals surface area contributed by atoms with Gasteiger partial charge in [0, 0.05) is 17.1 Å². The predicted molar refractivity (Wildman–Crippen MR) is 80.3 cm³/mol. The average molecular weight is 371 g/mol. The number of rotatable bonds is 3. The van der Waals surface area contributed by atoms with Crippen LogP contribution in [-0.2, 0) is 6.18 Å². The second kappa shape index (κ2) is 6.31. The van der Waals surface area contributed by atoms with Crippen LogP contribution in [0, 0.1) is 0 Å². The highest BCUT2D eigenvalue weighted by Gasteiger charge is 2.35. The van der Waals surface area contributed by atoms with Crippen molar-refractivity contribution in [1.82, 2.24) is 4.98 Å². The topological polar surface area (TPSA) is 16.1 Å². The first-order chi connectivity index (χ1) is 10.9. The zero-order chi connectivity index (χ0) is 18.3. The largest absolute Gasteiger partial charge is 0.417 e. The summed E-state index contributed by atoms with van der Waals surface area (Å²) in [4.78, 5) is 4.77. The number of benzene rings is 1. The maximum Gasteiger partial charge on any atom is 0.417 e. The molecule has 0 unspecified atom stereocenters. The van der Waals surface area contributed by atoms with Crippen molar-refractivity contribution in [3.8, 4) is 0 Å². The van der Waals surface area contributed by atoms with Crippen molar-refractivity contribution in [2.24, 2.45) is 0 Å². The molecule has 132 valence electrons. The molecule has 0 fully saturated rings. The minimum atomic E-state index is -4.70. The Hall–Kier alpha value is -1.70. The van der Waals surface area contributed by atoms with Gasteiger partial charge in [-0.3, -0.25) is 0 Å². The van der Waals surface area contributed by atoms with Crippen LogP contribution in [0.25, 0.3) is 10.9 Å². The fourth-order valence-electron chi connectivity index (χ4n) is 2.36. The van der Waals surface area contributed by atoms with Crippen LogP contribution in [0.1, 0.15) is 19.4 Å². The van der Waals surface area contributed by atoms with Crippen molar-refractivity contribution in [3.63, 3.8) is 0 Å². The number of anilines is 1. The first kappa shape index (κ1) is 18.6. The normalized spacial score (nSPS) is 12.9. The van der Waals surface area contributed by atoms with E-state index in [1.807, 2.05) is 0 Å². The van der Waals surface area contributed by atoms with Gasteiger partial charge in [-0.05, 0) is 38.1 Å². The Labute approximate surface area is 139 Å². The second-order valence-electron chi connectivity index (χ2n) is 5.53. The van der Waals surface area contributed by atoms with E-state index in [0.717, 1.165) is 11.0 Å². The van der Waals surface area contributed by atoms with Crippen LogP contribution in [0.4, 0.5) is 32.0 Å². The highest BCUT2D eigenvalue weighted by molar-refractivity contribution is 6.30.